The molecule has 3 N–H and O–H groups in total. The molecule has 0 aliphatic rings. The zero-order valence-electron chi connectivity index (χ0n) is 12.4. The lowest BCUT2D eigenvalue weighted by Gasteiger charge is -2.22. The Balaban J connectivity index is 2.49. The van der Waals surface area contributed by atoms with Crippen molar-refractivity contribution < 1.29 is 0 Å². The zero-order chi connectivity index (χ0) is 14.5. The topological polar surface area (TPSA) is 67.1 Å². The van der Waals surface area contributed by atoms with Gasteiger partial charge in [0.15, 0.2) is 0 Å². The summed E-state index contributed by atoms with van der Waals surface area (Å²) >= 11 is 1.72. The Kier molecular flexibility index (Phi) is 5.14. The molecule has 0 saturated carbocycles. The number of unbranched alkanes of at least 4 members (excludes halogenated alkanes) is 1. The van der Waals surface area contributed by atoms with Crippen LogP contribution in [0.2, 0.25) is 0 Å². The van der Waals surface area contributed by atoms with Crippen LogP contribution in [0.4, 0.5) is 11.8 Å². The number of hydrogen-bond donors (Lipinski definition) is 2. The Morgan fingerprint density at radius 1 is 1.30 bits per heavy atom. The van der Waals surface area contributed by atoms with Crippen LogP contribution in [0.25, 0.3) is 10.2 Å². The van der Waals surface area contributed by atoms with Crippen LogP contribution < -0.4 is 16.2 Å². The number of nitrogen functional groups attached to an aromatic ring is 1. The van der Waals surface area contributed by atoms with Gasteiger partial charge in [0.1, 0.15) is 10.6 Å². The Morgan fingerprint density at radius 2 is 2.10 bits per heavy atom. The zero-order valence-corrected chi connectivity index (χ0v) is 13.3. The monoisotopic (exact) mass is 293 g/mol. The molecule has 0 radical (unpaired) electrons. The highest BCUT2D eigenvalue weighted by Crippen LogP contribution is 2.32. The van der Waals surface area contributed by atoms with Gasteiger partial charge in [-0.25, -0.2) is 10.8 Å². The minimum absolute atomic E-state index is 0.493. The Hall–Kier alpha value is -1.40. The Morgan fingerprint density at radius 3 is 2.70 bits per heavy atom. The highest BCUT2D eigenvalue weighted by atomic mass is 32.1. The maximum atomic E-state index is 5.50. The number of hydrazine groups is 1. The highest BCUT2D eigenvalue weighted by molar-refractivity contribution is 7.18. The number of nitrogens with one attached hydrogen (secondary N) is 1. The quantitative estimate of drug-likeness (QED) is 0.606. The fourth-order valence-corrected chi connectivity index (χ4v) is 3.16. The van der Waals surface area contributed by atoms with Crippen molar-refractivity contribution in [1.29, 1.82) is 0 Å². The van der Waals surface area contributed by atoms with Crippen LogP contribution >= 0.6 is 11.3 Å². The van der Waals surface area contributed by atoms with Crippen LogP contribution in [0, 0.1) is 0 Å². The number of anilines is 2. The fraction of sp³-hybridized carbons (Fsp3) is 0.571. The van der Waals surface area contributed by atoms with E-state index in [-0.39, 0.29) is 0 Å². The van der Waals surface area contributed by atoms with Crippen molar-refractivity contribution in [2.45, 2.75) is 40.0 Å². The van der Waals surface area contributed by atoms with Gasteiger partial charge in [-0.2, -0.15) is 4.98 Å². The predicted octanol–water partition coefficient (Wildman–Crippen LogP) is 3.17. The number of aryl methyl sites for hydroxylation is 1. The lowest BCUT2D eigenvalue weighted by atomic mass is 10.2. The summed E-state index contributed by atoms with van der Waals surface area (Å²) in [6.07, 6.45) is 3.36. The predicted molar refractivity (Wildman–Crippen MR) is 87.4 cm³/mol. The summed E-state index contributed by atoms with van der Waals surface area (Å²) in [4.78, 5) is 13.7. The molecule has 110 valence electrons. The van der Waals surface area contributed by atoms with E-state index in [2.05, 4.69) is 47.1 Å². The molecule has 2 aromatic heterocycles. The summed E-state index contributed by atoms with van der Waals surface area (Å²) < 4.78 is 0. The van der Waals surface area contributed by atoms with Crippen molar-refractivity contribution in [2.75, 3.05) is 23.4 Å². The number of nitrogens with zero attached hydrogens (tertiary/aromatic N) is 3. The first-order valence-corrected chi connectivity index (χ1v) is 8.07. The average Bonchev–Trinajstić information content (AvgIpc) is 2.90. The summed E-state index contributed by atoms with van der Waals surface area (Å²) in [5.41, 5.74) is 2.58. The second kappa shape index (κ2) is 6.85. The van der Waals surface area contributed by atoms with Crippen LogP contribution in [0.5, 0.6) is 0 Å². The Bertz CT molecular complexity index is 566. The lowest BCUT2D eigenvalue weighted by molar-refractivity contribution is 0.726. The molecule has 2 aromatic rings. The first kappa shape index (κ1) is 15.0. The molecule has 0 spiro atoms. The van der Waals surface area contributed by atoms with Crippen LogP contribution in [0.3, 0.4) is 0 Å². The number of thiophene rings is 1. The van der Waals surface area contributed by atoms with Gasteiger partial charge in [0, 0.05) is 18.0 Å². The van der Waals surface area contributed by atoms with E-state index in [1.807, 2.05) is 0 Å². The molecule has 0 unspecified atom stereocenters. The van der Waals surface area contributed by atoms with Gasteiger partial charge in [-0.05, 0) is 25.8 Å². The molecule has 0 amide bonds. The first-order valence-electron chi connectivity index (χ1n) is 7.25. The van der Waals surface area contributed by atoms with Crippen LogP contribution in [-0.4, -0.2) is 23.1 Å². The lowest BCUT2D eigenvalue weighted by Crippen LogP contribution is -2.26. The van der Waals surface area contributed by atoms with Gasteiger partial charge in [0.2, 0.25) is 5.95 Å². The summed E-state index contributed by atoms with van der Waals surface area (Å²) in [6, 6.07) is 2.21. The molecule has 0 fully saturated rings. The van der Waals surface area contributed by atoms with Gasteiger partial charge < -0.3 is 4.90 Å². The third kappa shape index (κ3) is 3.02. The third-order valence-electron chi connectivity index (χ3n) is 3.36. The maximum Gasteiger partial charge on any atom is 0.240 e. The standard InChI is InChI=1S/C14H23N5S/c1-4-7-8-19(6-3)12-11-9-10(5-2)20-13(11)17-14(16-12)18-15/h9H,4-8,15H2,1-3H3,(H,16,17,18). The van der Waals surface area contributed by atoms with Crippen LogP contribution in [-0.2, 0) is 6.42 Å². The second-order valence-corrected chi connectivity index (χ2v) is 5.85. The number of nitrogens with two attached hydrogens (primary N) is 1. The van der Waals surface area contributed by atoms with Gasteiger partial charge in [0.25, 0.3) is 0 Å². The van der Waals surface area contributed by atoms with Gasteiger partial charge in [-0.1, -0.05) is 20.3 Å². The number of hydrogen-bond acceptors (Lipinski definition) is 6. The summed E-state index contributed by atoms with van der Waals surface area (Å²) in [7, 11) is 0. The van der Waals surface area contributed by atoms with E-state index in [9.17, 15) is 0 Å². The number of rotatable bonds is 7. The van der Waals surface area contributed by atoms with E-state index in [1.54, 1.807) is 11.3 Å². The molecule has 20 heavy (non-hydrogen) atoms. The normalized spacial score (nSPS) is 11.0. The summed E-state index contributed by atoms with van der Waals surface area (Å²) in [5, 5.41) is 1.14. The van der Waals surface area contributed by atoms with Crippen molar-refractivity contribution in [3.63, 3.8) is 0 Å². The molecular formula is C14H23N5S. The molecule has 0 aromatic carbocycles. The Labute approximate surface area is 124 Å². The highest BCUT2D eigenvalue weighted by Gasteiger charge is 2.15. The second-order valence-electron chi connectivity index (χ2n) is 4.73. The van der Waals surface area contributed by atoms with E-state index in [0.29, 0.717) is 5.95 Å². The largest absolute Gasteiger partial charge is 0.356 e. The third-order valence-corrected chi connectivity index (χ3v) is 4.54. The SMILES string of the molecule is CCCCN(CC)c1nc(NN)nc2sc(CC)cc12. The first-order chi connectivity index (χ1) is 9.73. The van der Waals surface area contributed by atoms with Gasteiger partial charge in [-0.15, -0.1) is 11.3 Å². The van der Waals surface area contributed by atoms with Crippen LogP contribution in [0.1, 0.15) is 38.5 Å². The van der Waals surface area contributed by atoms with Crippen molar-refractivity contribution in [3.05, 3.63) is 10.9 Å². The molecule has 5 nitrogen and oxygen atoms in total. The van der Waals surface area contributed by atoms with Crippen molar-refractivity contribution in [3.8, 4) is 0 Å². The molecule has 6 heteroatoms. The molecule has 0 saturated heterocycles. The average molecular weight is 293 g/mol. The molecule has 2 rings (SSSR count). The van der Waals surface area contributed by atoms with Gasteiger partial charge >= 0.3 is 0 Å². The molecule has 0 aliphatic heterocycles. The molecule has 0 bridgehead atoms. The smallest absolute Gasteiger partial charge is 0.240 e. The van der Waals surface area contributed by atoms with Crippen LogP contribution in [0.15, 0.2) is 6.07 Å². The minimum Gasteiger partial charge on any atom is -0.356 e. The van der Waals surface area contributed by atoms with E-state index >= 15 is 0 Å². The van der Waals surface area contributed by atoms with Gasteiger partial charge in [0.05, 0.1) is 5.39 Å². The van der Waals surface area contributed by atoms with E-state index in [1.165, 1.54) is 11.3 Å². The molecule has 0 atom stereocenters. The number of aromatic nitrogens is 2. The summed E-state index contributed by atoms with van der Waals surface area (Å²) in [5.74, 6) is 6.99. The molecule has 2 heterocycles. The maximum absolute atomic E-state index is 5.50. The number of fused-ring (bicyclic) bond motifs is 1. The van der Waals surface area contributed by atoms with E-state index < -0.39 is 0 Å². The van der Waals surface area contributed by atoms with Crippen molar-refractivity contribution in [2.24, 2.45) is 5.84 Å². The fourth-order valence-electron chi connectivity index (χ4n) is 2.20. The van der Waals surface area contributed by atoms with Crippen molar-refractivity contribution in [1.82, 2.24) is 9.97 Å². The van der Waals surface area contributed by atoms with E-state index in [0.717, 1.165) is 42.0 Å². The molecule has 0 aliphatic carbocycles. The van der Waals surface area contributed by atoms with Gasteiger partial charge in [-0.3, -0.25) is 5.43 Å². The summed E-state index contributed by atoms with van der Waals surface area (Å²) in [6.45, 7) is 8.48. The minimum atomic E-state index is 0.493. The molecular weight excluding hydrogens is 270 g/mol. The van der Waals surface area contributed by atoms with E-state index in [4.69, 9.17) is 5.84 Å². The van der Waals surface area contributed by atoms with Crippen molar-refractivity contribution >= 4 is 33.3 Å².